The van der Waals surface area contributed by atoms with Crippen LogP contribution in [0.4, 0.5) is 5.82 Å². The van der Waals surface area contributed by atoms with Crippen LogP contribution in [0.5, 0.6) is 5.75 Å². The summed E-state index contributed by atoms with van der Waals surface area (Å²) in [5, 5.41) is 9.83. The number of fused-ring (bicyclic) bond motifs is 1. The fraction of sp³-hybridized carbons (Fsp3) is 0.357. The third-order valence-corrected chi connectivity index (χ3v) is 6.94. The van der Waals surface area contributed by atoms with Crippen LogP contribution in [-0.4, -0.2) is 59.0 Å². The summed E-state index contributed by atoms with van der Waals surface area (Å²) in [7, 11) is 2.08. The van der Waals surface area contributed by atoms with Crippen LogP contribution in [0, 0.1) is 11.3 Å². The molecule has 3 heterocycles. The molecule has 0 spiro atoms. The van der Waals surface area contributed by atoms with Crippen molar-refractivity contribution in [2.75, 3.05) is 39.0 Å². The predicted molar refractivity (Wildman–Crippen MR) is 145 cm³/mol. The fourth-order valence-electron chi connectivity index (χ4n) is 4.50. The lowest BCUT2D eigenvalue weighted by molar-refractivity contribution is 0.0724. The third kappa shape index (κ3) is 5.85. The van der Waals surface area contributed by atoms with Crippen molar-refractivity contribution in [3.8, 4) is 22.9 Å². The highest BCUT2D eigenvalue weighted by Crippen LogP contribution is 2.36. The van der Waals surface area contributed by atoms with Crippen LogP contribution in [-0.2, 0) is 19.4 Å². The van der Waals surface area contributed by atoms with Crippen molar-refractivity contribution < 1.29 is 9.53 Å². The van der Waals surface area contributed by atoms with E-state index in [-0.39, 0.29) is 5.91 Å². The molecule has 1 aromatic carbocycles. The van der Waals surface area contributed by atoms with Gasteiger partial charge in [0.15, 0.2) is 0 Å². The molecule has 9 heteroatoms. The first kappa shape index (κ1) is 26.4. The largest absolute Gasteiger partial charge is 0.492 e. The zero-order valence-electron chi connectivity index (χ0n) is 21.4. The average Bonchev–Trinajstić information content (AvgIpc) is 2.90. The second-order valence-corrected chi connectivity index (χ2v) is 9.50. The van der Waals surface area contributed by atoms with Crippen molar-refractivity contribution in [1.29, 1.82) is 5.26 Å². The van der Waals surface area contributed by atoms with Gasteiger partial charge in [0, 0.05) is 42.7 Å². The number of nitrogens with two attached hydrogens (primary N) is 1. The van der Waals surface area contributed by atoms with E-state index in [9.17, 15) is 10.1 Å². The number of ether oxygens (including phenoxy) is 1. The van der Waals surface area contributed by atoms with Crippen molar-refractivity contribution in [2.45, 2.75) is 33.2 Å². The number of anilines is 1. The third-order valence-electron chi connectivity index (χ3n) is 6.64. The van der Waals surface area contributed by atoms with Crippen LogP contribution < -0.4 is 10.5 Å². The number of nitriles is 1. The van der Waals surface area contributed by atoms with Crippen molar-refractivity contribution >= 4 is 23.3 Å². The summed E-state index contributed by atoms with van der Waals surface area (Å²) < 4.78 is 5.60. The quantitative estimate of drug-likeness (QED) is 0.448. The highest BCUT2D eigenvalue weighted by molar-refractivity contribution is 6.33. The summed E-state index contributed by atoms with van der Waals surface area (Å²) >= 11 is 6.55. The molecule has 0 fully saturated rings. The van der Waals surface area contributed by atoms with Gasteiger partial charge in [0.1, 0.15) is 23.2 Å². The maximum Gasteiger partial charge on any atom is 0.254 e. The molecule has 0 unspecified atom stereocenters. The Kier molecular flexibility index (Phi) is 8.27. The number of pyridine rings is 2. The van der Waals surface area contributed by atoms with E-state index >= 15 is 0 Å². The SMILES string of the molecule is CCOc1cc(CN2CCc3c(cc(CCN(C)CC)cc3-c3cc(N)ncc3Cl)C2=O)ncc1C#N. The summed E-state index contributed by atoms with van der Waals surface area (Å²) in [5.74, 6) is 0.801. The molecule has 1 aliphatic heterocycles. The van der Waals surface area contributed by atoms with E-state index in [1.54, 1.807) is 23.2 Å². The highest BCUT2D eigenvalue weighted by Gasteiger charge is 2.28. The maximum absolute atomic E-state index is 13.8. The Labute approximate surface area is 222 Å². The molecule has 4 rings (SSSR count). The Hall–Kier alpha value is -3.67. The zero-order valence-corrected chi connectivity index (χ0v) is 22.2. The molecule has 0 saturated carbocycles. The molecular formula is C28H31ClN6O2. The molecule has 1 aliphatic rings. The number of aromatic nitrogens is 2. The number of rotatable bonds is 9. The standard InChI is InChI=1S/C28H31ClN6O2/c1-4-34(3)8-6-18-10-22(23-13-27(31)33-16-25(23)29)21-7-9-35(28(36)24(21)11-18)17-20-12-26(37-5-2)19(14-30)15-32-20/h10-13,15-16H,4-9,17H2,1-3H3,(H2,31,33). The number of carbonyl (C=O) groups excluding carboxylic acids is 1. The fourth-order valence-corrected chi connectivity index (χ4v) is 4.71. The van der Waals surface area contributed by atoms with Crippen molar-refractivity contribution in [3.05, 3.63) is 69.6 Å². The molecule has 37 heavy (non-hydrogen) atoms. The number of nitrogens with zero attached hydrogens (tertiary/aromatic N) is 5. The molecule has 2 aromatic heterocycles. The van der Waals surface area contributed by atoms with E-state index in [1.165, 1.54) is 6.20 Å². The minimum atomic E-state index is -0.0598. The molecule has 192 valence electrons. The number of hydrogen-bond acceptors (Lipinski definition) is 7. The Morgan fingerprint density at radius 2 is 1.95 bits per heavy atom. The second-order valence-electron chi connectivity index (χ2n) is 9.10. The Bertz CT molecular complexity index is 1350. The molecule has 0 bridgehead atoms. The van der Waals surface area contributed by atoms with Gasteiger partial charge in [-0.1, -0.05) is 24.6 Å². The summed E-state index contributed by atoms with van der Waals surface area (Å²) in [5.41, 5.74) is 11.4. The number of carbonyl (C=O) groups is 1. The van der Waals surface area contributed by atoms with Gasteiger partial charge < -0.3 is 20.3 Å². The lowest BCUT2D eigenvalue weighted by atomic mass is 9.87. The molecule has 1 amide bonds. The van der Waals surface area contributed by atoms with Crippen LogP contribution in [0.1, 0.15) is 46.6 Å². The number of halogens is 1. The molecule has 0 radical (unpaired) electrons. The van der Waals surface area contributed by atoms with Gasteiger partial charge >= 0.3 is 0 Å². The Morgan fingerprint density at radius 3 is 2.68 bits per heavy atom. The monoisotopic (exact) mass is 518 g/mol. The topological polar surface area (TPSA) is 108 Å². The summed E-state index contributed by atoms with van der Waals surface area (Å²) in [6, 6.07) is 9.75. The molecule has 2 N–H and O–H groups in total. The molecule has 3 aromatic rings. The number of benzene rings is 1. The van der Waals surface area contributed by atoms with Gasteiger partial charge in [-0.3, -0.25) is 9.78 Å². The van der Waals surface area contributed by atoms with Gasteiger partial charge in [-0.2, -0.15) is 5.26 Å². The summed E-state index contributed by atoms with van der Waals surface area (Å²) in [6.07, 6.45) is 4.52. The first-order valence-corrected chi connectivity index (χ1v) is 12.8. The van der Waals surface area contributed by atoms with Crippen LogP contribution >= 0.6 is 11.6 Å². The van der Waals surface area contributed by atoms with Crippen LogP contribution in [0.25, 0.3) is 11.1 Å². The van der Waals surface area contributed by atoms with E-state index in [0.29, 0.717) is 59.5 Å². The Morgan fingerprint density at radius 1 is 1.16 bits per heavy atom. The highest BCUT2D eigenvalue weighted by atomic mass is 35.5. The average molecular weight is 519 g/mol. The van der Waals surface area contributed by atoms with Crippen LogP contribution in [0.3, 0.4) is 0 Å². The Balaban J connectivity index is 1.71. The predicted octanol–water partition coefficient (Wildman–Crippen LogP) is 4.34. The van der Waals surface area contributed by atoms with E-state index in [0.717, 1.165) is 41.8 Å². The number of amides is 1. The van der Waals surface area contributed by atoms with E-state index in [2.05, 4.69) is 41.0 Å². The zero-order chi connectivity index (χ0) is 26.5. The van der Waals surface area contributed by atoms with Gasteiger partial charge in [0.25, 0.3) is 5.91 Å². The van der Waals surface area contributed by atoms with Crippen molar-refractivity contribution in [3.63, 3.8) is 0 Å². The maximum atomic E-state index is 13.8. The lowest BCUT2D eigenvalue weighted by Crippen LogP contribution is -2.37. The molecule has 0 aliphatic carbocycles. The van der Waals surface area contributed by atoms with E-state index in [4.69, 9.17) is 22.1 Å². The molecule has 0 atom stereocenters. The van der Waals surface area contributed by atoms with E-state index < -0.39 is 0 Å². The van der Waals surface area contributed by atoms with Gasteiger partial charge in [0.2, 0.25) is 0 Å². The van der Waals surface area contributed by atoms with Gasteiger partial charge in [-0.15, -0.1) is 0 Å². The smallest absolute Gasteiger partial charge is 0.254 e. The number of hydrogen-bond donors (Lipinski definition) is 1. The first-order valence-electron chi connectivity index (χ1n) is 12.4. The number of likely N-dealkylation sites (N-methyl/N-ethyl adjacent to an activating group) is 1. The molecule has 8 nitrogen and oxygen atoms in total. The number of nitrogen functional groups attached to an aromatic ring is 1. The van der Waals surface area contributed by atoms with Crippen LogP contribution in [0.2, 0.25) is 5.02 Å². The molecule has 0 saturated heterocycles. The van der Waals surface area contributed by atoms with Gasteiger partial charge in [0.05, 0.1) is 23.9 Å². The van der Waals surface area contributed by atoms with E-state index in [1.807, 2.05) is 13.0 Å². The van der Waals surface area contributed by atoms with Crippen molar-refractivity contribution in [2.24, 2.45) is 0 Å². The second kappa shape index (κ2) is 11.6. The summed E-state index contributed by atoms with van der Waals surface area (Å²) in [4.78, 5) is 26.3. The minimum absolute atomic E-state index is 0.0598. The van der Waals surface area contributed by atoms with Gasteiger partial charge in [-0.25, -0.2) is 4.98 Å². The van der Waals surface area contributed by atoms with Crippen molar-refractivity contribution in [1.82, 2.24) is 19.8 Å². The molecular weight excluding hydrogens is 488 g/mol. The first-order chi connectivity index (χ1) is 17.8. The minimum Gasteiger partial charge on any atom is -0.492 e. The van der Waals surface area contributed by atoms with Crippen LogP contribution in [0.15, 0.2) is 36.7 Å². The normalized spacial score (nSPS) is 13.0. The van der Waals surface area contributed by atoms with Gasteiger partial charge in [-0.05, 0) is 62.2 Å². The lowest BCUT2D eigenvalue weighted by Gasteiger charge is -2.31. The summed E-state index contributed by atoms with van der Waals surface area (Å²) in [6.45, 7) is 7.09.